The summed E-state index contributed by atoms with van der Waals surface area (Å²) < 4.78 is 6.36. The van der Waals surface area contributed by atoms with Crippen LogP contribution in [0.2, 0.25) is 0 Å². The first-order valence-electron chi connectivity index (χ1n) is 8.49. The Labute approximate surface area is 137 Å². The number of aliphatic imine (C=N–C) groups is 1. The molecule has 118 valence electrons. The fourth-order valence-corrected chi connectivity index (χ4v) is 3.55. The molecule has 1 aliphatic carbocycles. The number of aryl methyl sites for hydroxylation is 2. The van der Waals surface area contributed by atoms with E-state index in [1.165, 1.54) is 24.8 Å². The Balaban J connectivity index is 1.87. The highest BCUT2D eigenvalue weighted by molar-refractivity contribution is 6.15. The fraction of sp³-hybridized carbons (Fsp3) is 0.400. The Kier molecular flexibility index (Phi) is 3.44. The topological polar surface area (TPSA) is 34.5 Å². The largest absolute Gasteiger partial charge is 0.465 e. The summed E-state index contributed by atoms with van der Waals surface area (Å²) in [6.45, 7) is 4.15. The molecule has 2 aliphatic rings. The van der Waals surface area contributed by atoms with E-state index >= 15 is 0 Å². The highest BCUT2D eigenvalue weighted by Crippen LogP contribution is 2.40. The van der Waals surface area contributed by atoms with Gasteiger partial charge in [-0.1, -0.05) is 18.6 Å². The van der Waals surface area contributed by atoms with Crippen LogP contribution in [0.5, 0.6) is 5.75 Å². The first kappa shape index (κ1) is 14.4. The van der Waals surface area contributed by atoms with Gasteiger partial charge in [0.2, 0.25) is 5.72 Å². The van der Waals surface area contributed by atoms with Gasteiger partial charge in [-0.2, -0.15) is 0 Å². The van der Waals surface area contributed by atoms with E-state index in [1.54, 1.807) is 0 Å². The molecular weight excluding hydrogens is 284 g/mol. The van der Waals surface area contributed by atoms with Gasteiger partial charge in [0.15, 0.2) is 0 Å². The molecule has 0 atom stereocenters. The molecule has 0 saturated heterocycles. The molecule has 23 heavy (non-hydrogen) atoms. The van der Waals surface area contributed by atoms with Crippen molar-refractivity contribution in [1.29, 1.82) is 0 Å². The summed E-state index contributed by atoms with van der Waals surface area (Å²) in [5, 5.41) is 0. The van der Waals surface area contributed by atoms with Gasteiger partial charge in [-0.3, -0.25) is 4.98 Å². The van der Waals surface area contributed by atoms with Crippen molar-refractivity contribution in [2.75, 3.05) is 0 Å². The number of rotatable bonds is 1. The van der Waals surface area contributed by atoms with Crippen LogP contribution in [-0.2, 0) is 0 Å². The van der Waals surface area contributed by atoms with E-state index in [2.05, 4.69) is 30.1 Å². The Morgan fingerprint density at radius 2 is 1.83 bits per heavy atom. The maximum atomic E-state index is 6.36. The molecule has 2 aromatic rings. The third kappa shape index (κ3) is 2.54. The van der Waals surface area contributed by atoms with E-state index in [0.717, 1.165) is 41.1 Å². The molecular formula is C20H22N2O. The number of benzene rings is 1. The van der Waals surface area contributed by atoms with Crippen molar-refractivity contribution in [3.63, 3.8) is 0 Å². The van der Waals surface area contributed by atoms with Crippen molar-refractivity contribution in [2.45, 2.75) is 51.7 Å². The van der Waals surface area contributed by atoms with E-state index in [1.807, 2.05) is 25.3 Å². The SMILES string of the molecule is Cc1cc(C2=NC3(CCCCC3)Oc3ccccc32)cnc1C. The number of fused-ring (bicyclic) bond motifs is 1. The lowest BCUT2D eigenvalue weighted by atomic mass is 9.89. The molecule has 2 heterocycles. The standard InChI is InChI=1S/C20H22N2O/c1-14-12-16(13-21-15(14)2)19-17-8-4-5-9-18(17)23-20(22-19)10-6-3-7-11-20/h4-5,8-9,12-13H,3,6-7,10-11H2,1-2H3. The lowest BCUT2D eigenvalue weighted by Gasteiger charge is -2.38. The lowest BCUT2D eigenvalue weighted by Crippen LogP contribution is -2.40. The number of hydrogen-bond donors (Lipinski definition) is 0. The Morgan fingerprint density at radius 1 is 1.04 bits per heavy atom. The fourth-order valence-electron chi connectivity index (χ4n) is 3.55. The third-order valence-electron chi connectivity index (χ3n) is 5.01. The highest BCUT2D eigenvalue weighted by Gasteiger charge is 2.38. The Hall–Kier alpha value is -2.16. The first-order chi connectivity index (χ1) is 11.2. The van der Waals surface area contributed by atoms with Crippen LogP contribution in [0.1, 0.15) is 54.5 Å². The van der Waals surface area contributed by atoms with Crippen molar-refractivity contribution in [3.05, 3.63) is 58.9 Å². The normalized spacial score (nSPS) is 19.0. The molecule has 0 unspecified atom stereocenters. The molecule has 3 nitrogen and oxygen atoms in total. The van der Waals surface area contributed by atoms with Crippen LogP contribution in [0.15, 0.2) is 41.5 Å². The smallest absolute Gasteiger partial charge is 0.200 e. The van der Waals surface area contributed by atoms with Gasteiger partial charge >= 0.3 is 0 Å². The van der Waals surface area contributed by atoms with E-state index in [-0.39, 0.29) is 5.72 Å². The van der Waals surface area contributed by atoms with Crippen LogP contribution in [0.3, 0.4) is 0 Å². The van der Waals surface area contributed by atoms with Gasteiger partial charge in [0, 0.05) is 35.9 Å². The average molecular weight is 306 g/mol. The van der Waals surface area contributed by atoms with Gasteiger partial charge in [-0.15, -0.1) is 0 Å². The first-order valence-corrected chi connectivity index (χ1v) is 8.49. The third-order valence-corrected chi connectivity index (χ3v) is 5.01. The molecule has 1 saturated carbocycles. The predicted molar refractivity (Wildman–Crippen MR) is 92.2 cm³/mol. The van der Waals surface area contributed by atoms with Crippen molar-refractivity contribution in [3.8, 4) is 5.75 Å². The second-order valence-electron chi connectivity index (χ2n) is 6.69. The van der Waals surface area contributed by atoms with Crippen molar-refractivity contribution in [2.24, 2.45) is 4.99 Å². The molecule has 1 spiro atoms. The zero-order valence-corrected chi connectivity index (χ0v) is 13.8. The van der Waals surface area contributed by atoms with Gasteiger partial charge < -0.3 is 4.74 Å². The minimum atomic E-state index is -0.374. The van der Waals surface area contributed by atoms with Gasteiger partial charge in [-0.05, 0) is 50.5 Å². The molecule has 0 N–H and O–H groups in total. The summed E-state index contributed by atoms with van der Waals surface area (Å²) in [5.74, 6) is 0.956. The summed E-state index contributed by atoms with van der Waals surface area (Å²) in [7, 11) is 0. The van der Waals surface area contributed by atoms with E-state index in [0.29, 0.717) is 0 Å². The summed E-state index contributed by atoms with van der Waals surface area (Å²) in [5.41, 5.74) is 5.10. The number of hydrogen-bond acceptors (Lipinski definition) is 3. The second kappa shape index (κ2) is 5.48. The summed E-state index contributed by atoms with van der Waals surface area (Å²) in [6, 6.07) is 10.4. The summed E-state index contributed by atoms with van der Waals surface area (Å²) in [6.07, 6.45) is 7.60. The number of pyridine rings is 1. The van der Waals surface area contributed by atoms with Crippen LogP contribution in [0.4, 0.5) is 0 Å². The zero-order chi connectivity index (χ0) is 15.9. The Morgan fingerprint density at radius 3 is 2.61 bits per heavy atom. The maximum absolute atomic E-state index is 6.36. The van der Waals surface area contributed by atoms with E-state index in [4.69, 9.17) is 9.73 Å². The number of para-hydroxylation sites is 1. The van der Waals surface area contributed by atoms with Crippen LogP contribution in [0.25, 0.3) is 0 Å². The van der Waals surface area contributed by atoms with E-state index in [9.17, 15) is 0 Å². The molecule has 0 radical (unpaired) electrons. The molecule has 4 rings (SSSR count). The quantitative estimate of drug-likeness (QED) is 0.772. The van der Waals surface area contributed by atoms with Gasteiger partial charge in [0.25, 0.3) is 0 Å². The second-order valence-corrected chi connectivity index (χ2v) is 6.69. The average Bonchev–Trinajstić information content (AvgIpc) is 2.57. The molecule has 0 amide bonds. The predicted octanol–water partition coefficient (Wildman–Crippen LogP) is 4.59. The number of nitrogens with zero attached hydrogens (tertiary/aromatic N) is 2. The van der Waals surface area contributed by atoms with Crippen LogP contribution in [-0.4, -0.2) is 16.4 Å². The number of ether oxygens (including phenoxy) is 1. The molecule has 1 fully saturated rings. The van der Waals surface area contributed by atoms with Crippen LogP contribution >= 0.6 is 0 Å². The zero-order valence-electron chi connectivity index (χ0n) is 13.8. The van der Waals surface area contributed by atoms with Gasteiger partial charge in [-0.25, -0.2) is 4.99 Å². The van der Waals surface area contributed by atoms with Crippen molar-refractivity contribution < 1.29 is 4.74 Å². The summed E-state index contributed by atoms with van der Waals surface area (Å²) >= 11 is 0. The minimum absolute atomic E-state index is 0.374. The van der Waals surface area contributed by atoms with Crippen molar-refractivity contribution >= 4 is 5.71 Å². The van der Waals surface area contributed by atoms with Crippen LogP contribution in [0, 0.1) is 13.8 Å². The maximum Gasteiger partial charge on any atom is 0.200 e. The summed E-state index contributed by atoms with van der Waals surface area (Å²) in [4.78, 5) is 9.65. The Bertz CT molecular complexity index is 773. The van der Waals surface area contributed by atoms with Crippen molar-refractivity contribution in [1.82, 2.24) is 4.98 Å². The number of aromatic nitrogens is 1. The van der Waals surface area contributed by atoms with Crippen LogP contribution < -0.4 is 4.74 Å². The van der Waals surface area contributed by atoms with E-state index < -0.39 is 0 Å². The molecule has 1 aromatic carbocycles. The monoisotopic (exact) mass is 306 g/mol. The molecule has 3 heteroatoms. The molecule has 1 aromatic heterocycles. The minimum Gasteiger partial charge on any atom is -0.465 e. The van der Waals surface area contributed by atoms with Gasteiger partial charge in [0.1, 0.15) is 5.75 Å². The highest BCUT2D eigenvalue weighted by atomic mass is 16.5. The molecule has 1 aliphatic heterocycles. The lowest BCUT2D eigenvalue weighted by molar-refractivity contribution is 0.0356. The molecule has 0 bridgehead atoms. The van der Waals surface area contributed by atoms with Gasteiger partial charge in [0.05, 0.1) is 5.71 Å².